The number of anilines is 1. The lowest BCUT2D eigenvalue weighted by molar-refractivity contribution is -0.0876. The highest BCUT2D eigenvalue weighted by Gasteiger charge is 2.41. The first-order chi connectivity index (χ1) is 13.9. The van der Waals surface area contributed by atoms with Crippen LogP contribution in [-0.2, 0) is 22.2 Å². The molecular weight excluding hydrogens is 419 g/mol. The van der Waals surface area contributed by atoms with Crippen molar-refractivity contribution in [2.75, 3.05) is 12.0 Å². The Labute approximate surface area is 171 Å². The fourth-order valence-corrected chi connectivity index (χ4v) is 3.53. The van der Waals surface area contributed by atoms with E-state index in [0.717, 1.165) is 6.26 Å². The molecule has 1 aliphatic heterocycles. The minimum atomic E-state index is -4.68. The topological polar surface area (TPSA) is 123 Å². The molecule has 0 fully saturated rings. The molecule has 0 bridgehead atoms. The summed E-state index contributed by atoms with van der Waals surface area (Å²) in [6.45, 7) is -0.0725. The third-order valence-corrected chi connectivity index (χ3v) is 5.54. The number of nitrogens with one attached hydrogen (secondary N) is 2. The maximum absolute atomic E-state index is 13.5. The second-order valence-corrected chi connectivity index (χ2v) is 8.85. The second-order valence-electron chi connectivity index (χ2n) is 6.83. The Morgan fingerprint density at radius 2 is 1.83 bits per heavy atom. The SMILES string of the molecule is CS(=O)(=O)c1cccc(CNC2=C(C(F)(F)F)C=NC(N)(c3ccc(N)cc3)N2)c1. The summed E-state index contributed by atoms with van der Waals surface area (Å²) in [5.74, 6) is -2.01. The molecule has 0 radical (unpaired) electrons. The van der Waals surface area contributed by atoms with Crippen LogP contribution in [0.1, 0.15) is 11.1 Å². The largest absolute Gasteiger partial charge is 0.421 e. The molecule has 1 aliphatic rings. The second kappa shape index (κ2) is 7.65. The molecule has 0 aromatic heterocycles. The number of hydrogen-bond acceptors (Lipinski definition) is 7. The summed E-state index contributed by atoms with van der Waals surface area (Å²) in [4.78, 5) is 3.93. The number of hydrogen-bond donors (Lipinski definition) is 4. The van der Waals surface area contributed by atoms with Crippen LogP contribution < -0.4 is 22.1 Å². The van der Waals surface area contributed by atoms with Crippen LogP contribution in [0.25, 0.3) is 0 Å². The summed E-state index contributed by atoms with van der Waals surface area (Å²) in [7, 11) is -3.45. The van der Waals surface area contributed by atoms with E-state index in [0.29, 0.717) is 23.0 Å². The van der Waals surface area contributed by atoms with Crippen molar-refractivity contribution < 1.29 is 21.6 Å². The molecule has 160 valence electrons. The van der Waals surface area contributed by atoms with E-state index >= 15 is 0 Å². The summed E-state index contributed by atoms with van der Waals surface area (Å²) in [6.07, 6.45) is -2.96. The Hall–Kier alpha value is -3.05. The van der Waals surface area contributed by atoms with E-state index in [-0.39, 0.29) is 17.3 Å². The van der Waals surface area contributed by atoms with Crippen molar-refractivity contribution in [2.45, 2.75) is 23.4 Å². The van der Waals surface area contributed by atoms with Gasteiger partial charge in [0.2, 0.25) is 5.79 Å². The van der Waals surface area contributed by atoms with Crippen LogP contribution in [0, 0.1) is 0 Å². The van der Waals surface area contributed by atoms with Crippen molar-refractivity contribution in [2.24, 2.45) is 10.7 Å². The molecule has 0 amide bonds. The van der Waals surface area contributed by atoms with Crippen LogP contribution in [0.3, 0.4) is 0 Å². The molecule has 3 rings (SSSR count). The van der Waals surface area contributed by atoms with Crippen molar-refractivity contribution in [3.8, 4) is 0 Å². The number of alkyl halides is 3. The number of sulfone groups is 1. The fraction of sp³-hybridized carbons (Fsp3) is 0.211. The molecule has 0 spiro atoms. The number of rotatable bonds is 5. The summed E-state index contributed by atoms with van der Waals surface area (Å²) >= 11 is 0. The summed E-state index contributed by atoms with van der Waals surface area (Å²) < 4.78 is 63.9. The molecule has 7 nitrogen and oxygen atoms in total. The van der Waals surface area contributed by atoms with Crippen LogP contribution in [-0.4, -0.2) is 27.1 Å². The van der Waals surface area contributed by atoms with Crippen LogP contribution in [0.15, 0.2) is 69.8 Å². The van der Waals surface area contributed by atoms with Gasteiger partial charge in [0.1, 0.15) is 11.4 Å². The zero-order valence-corrected chi connectivity index (χ0v) is 16.7. The monoisotopic (exact) mass is 439 g/mol. The van der Waals surface area contributed by atoms with E-state index in [2.05, 4.69) is 15.6 Å². The van der Waals surface area contributed by atoms with Crippen LogP contribution in [0.5, 0.6) is 0 Å². The van der Waals surface area contributed by atoms with Crippen LogP contribution >= 0.6 is 0 Å². The van der Waals surface area contributed by atoms with E-state index < -0.39 is 27.4 Å². The molecule has 2 aromatic carbocycles. The minimum absolute atomic E-state index is 0.0695. The van der Waals surface area contributed by atoms with Gasteiger partial charge in [0, 0.05) is 30.3 Å². The standard InChI is InChI=1S/C19H20F3N5O2S/c1-30(28,29)15-4-2-3-12(9-15)10-25-17-16(18(20,21)22)11-26-19(24,27-17)13-5-7-14(23)8-6-13/h2-9,11,25,27H,10,23-24H2,1H3. The zero-order valence-electron chi connectivity index (χ0n) is 15.9. The molecule has 0 aliphatic carbocycles. The Morgan fingerprint density at radius 1 is 1.17 bits per heavy atom. The van der Waals surface area contributed by atoms with Gasteiger partial charge in [-0.2, -0.15) is 13.2 Å². The maximum Gasteiger partial charge on any atom is 0.421 e. The third-order valence-electron chi connectivity index (χ3n) is 4.43. The molecule has 30 heavy (non-hydrogen) atoms. The highest BCUT2D eigenvalue weighted by atomic mass is 32.2. The van der Waals surface area contributed by atoms with Gasteiger partial charge in [0.15, 0.2) is 9.84 Å². The average Bonchev–Trinajstić information content (AvgIpc) is 2.65. The van der Waals surface area contributed by atoms with Gasteiger partial charge in [-0.3, -0.25) is 5.73 Å². The predicted molar refractivity (Wildman–Crippen MR) is 108 cm³/mol. The van der Waals surface area contributed by atoms with Gasteiger partial charge in [0.05, 0.1) is 4.90 Å². The molecule has 2 aromatic rings. The van der Waals surface area contributed by atoms with Gasteiger partial charge in [-0.05, 0) is 29.8 Å². The fourth-order valence-electron chi connectivity index (χ4n) is 2.84. The smallest absolute Gasteiger partial charge is 0.399 e. The van der Waals surface area contributed by atoms with Crippen LogP contribution in [0.2, 0.25) is 0 Å². The molecular formula is C19H20F3N5O2S. The Morgan fingerprint density at radius 3 is 2.43 bits per heavy atom. The summed E-state index contributed by atoms with van der Waals surface area (Å²) in [5, 5.41) is 5.27. The first kappa shape index (κ1) is 21.7. The van der Waals surface area contributed by atoms with E-state index in [1.165, 1.54) is 18.2 Å². The maximum atomic E-state index is 13.5. The van der Waals surface area contributed by atoms with Gasteiger partial charge in [-0.25, -0.2) is 13.4 Å². The summed E-state index contributed by atoms with van der Waals surface area (Å²) in [6, 6.07) is 12.2. The van der Waals surface area contributed by atoms with E-state index in [1.807, 2.05) is 0 Å². The highest BCUT2D eigenvalue weighted by Crippen LogP contribution is 2.31. The number of aliphatic imine (C=N–C) groups is 1. The molecule has 1 atom stereocenters. The van der Waals surface area contributed by atoms with E-state index in [9.17, 15) is 21.6 Å². The lowest BCUT2D eigenvalue weighted by Gasteiger charge is -2.34. The Balaban J connectivity index is 1.90. The normalized spacial score (nSPS) is 19.5. The van der Waals surface area contributed by atoms with Crippen molar-refractivity contribution in [3.63, 3.8) is 0 Å². The summed E-state index contributed by atoms with van der Waals surface area (Å²) in [5.41, 5.74) is 12.2. The molecule has 6 N–H and O–H groups in total. The van der Waals surface area contributed by atoms with Gasteiger partial charge >= 0.3 is 6.18 Å². The number of benzene rings is 2. The van der Waals surface area contributed by atoms with Crippen LogP contribution in [0.4, 0.5) is 18.9 Å². The minimum Gasteiger partial charge on any atom is -0.399 e. The van der Waals surface area contributed by atoms with Crippen molar-refractivity contribution in [1.82, 2.24) is 10.6 Å². The molecule has 1 unspecified atom stereocenters. The number of nitrogens with two attached hydrogens (primary N) is 2. The number of halogens is 3. The first-order valence-electron chi connectivity index (χ1n) is 8.71. The van der Waals surface area contributed by atoms with Gasteiger partial charge in [0.25, 0.3) is 0 Å². The van der Waals surface area contributed by atoms with Crippen molar-refractivity contribution in [1.29, 1.82) is 0 Å². The van der Waals surface area contributed by atoms with E-state index in [4.69, 9.17) is 11.5 Å². The molecule has 11 heteroatoms. The Kier molecular flexibility index (Phi) is 5.52. The molecule has 1 heterocycles. The highest BCUT2D eigenvalue weighted by molar-refractivity contribution is 7.90. The quantitative estimate of drug-likeness (QED) is 0.529. The third kappa shape index (κ3) is 4.74. The Bertz CT molecular complexity index is 1110. The van der Waals surface area contributed by atoms with E-state index in [1.54, 1.807) is 30.3 Å². The zero-order chi connectivity index (χ0) is 22.2. The number of allylic oxidation sites excluding steroid dienone is 1. The lowest BCUT2D eigenvalue weighted by atomic mass is 10.1. The van der Waals surface area contributed by atoms with Crippen molar-refractivity contribution in [3.05, 3.63) is 71.1 Å². The average molecular weight is 439 g/mol. The first-order valence-corrected chi connectivity index (χ1v) is 10.6. The molecule has 0 saturated heterocycles. The number of nitrogens with zero attached hydrogens (tertiary/aromatic N) is 1. The predicted octanol–water partition coefficient (Wildman–Crippen LogP) is 1.98. The van der Waals surface area contributed by atoms with Gasteiger partial charge < -0.3 is 16.4 Å². The van der Waals surface area contributed by atoms with Gasteiger partial charge in [-0.1, -0.05) is 24.3 Å². The van der Waals surface area contributed by atoms with Crippen molar-refractivity contribution >= 4 is 21.7 Å². The molecule has 0 saturated carbocycles. The lowest BCUT2D eigenvalue weighted by Crippen LogP contribution is -2.54. The number of nitrogen functional groups attached to an aromatic ring is 1. The van der Waals surface area contributed by atoms with Gasteiger partial charge in [-0.15, -0.1) is 0 Å².